The zero-order chi connectivity index (χ0) is 19.2. The lowest BCUT2D eigenvalue weighted by Gasteiger charge is -2.26. The molecular weight excluding hydrogens is 384 g/mol. The number of benzene rings is 2. The molecule has 2 fully saturated rings. The molecule has 28 heavy (non-hydrogen) atoms. The molecule has 2 saturated heterocycles. The Balaban J connectivity index is 1.27. The summed E-state index contributed by atoms with van der Waals surface area (Å²) >= 11 is 3.98. The van der Waals surface area contributed by atoms with Gasteiger partial charge in [-0.15, -0.1) is 23.5 Å². The minimum atomic E-state index is -0.00401. The topological polar surface area (TPSA) is 32.3 Å². The van der Waals surface area contributed by atoms with Crippen molar-refractivity contribution in [3.8, 4) is 0 Å². The summed E-state index contributed by atoms with van der Waals surface area (Å²) in [6.07, 6.45) is 4.02. The fourth-order valence-corrected chi connectivity index (χ4v) is 6.62. The first kappa shape index (κ1) is 19.9. The second kappa shape index (κ2) is 9.86. The molecule has 4 rings (SSSR count). The monoisotopic (exact) mass is 412 g/mol. The number of hydrogen-bond donors (Lipinski definition) is 1. The average molecular weight is 413 g/mol. The average Bonchev–Trinajstić information content (AvgIpc) is 3.29. The molecule has 148 valence electrons. The molecule has 1 N–H and O–H groups in total. The molecular formula is C23H28N2OS2. The van der Waals surface area contributed by atoms with Crippen molar-refractivity contribution in [2.24, 2.45) is 0 Å². The molecule has 0 unspecified atom stereocenters. The van der Waals surface area contributed by atoms with Crippen LogP contribution in [0.3, 0.4) is 0 Å². The number of thioether (sulfide) groups is 2. The predicted molar refractivity (Wildman–Crippen MR) is 121 cm³/mol. The number of carbonyl (C=O) groups is 1. The van der Waals surface area contributed by atoms with Crippen molar-refractivity contribution in [3.63, 3.8) is 0 Å². The summed E-state index contributed by atoms with van der Waals surface area (Å²) < 4.78 is 0.528. The third-order valence-corrected chi connectivity index (χ3v) is 8.50. The Hall–Kier alpha value is -1.43. The van der Waals surface area contributed by atoms with Crippen molar-refractivity contribution in [3.05, 3.63) is 70.8 Å². The van der Waals surface area contributed by atoms with Crippen LogP contribution in [-0.2, 0) is 13.1 Å². The van der Waals surface area contributed by atoms with Crippen molar-refractivity contribution in [1.29, 1.82) is 0 Å². The quantitative estimate of drug-likeness (QED) is 0.717. The predicted octanol–water partition coefficient (Wildman–Crippen LogP) is 5.08. The maximum atomic E-state index is 12.5. The van der Waals surface area contributed by atoms with Crippen LogP contribution in [0.5, 0.6) is 0 Å². The molecule has 1 amide bonds. The number of nitrogens with zero attached hydrogens (tertiary/aromatic N) is 1. The summed E-state index contributed by atoms with van der Waals surface area (Å²) in [5.41, 5.74) is 4.55. The number of amides is 1. The van der Waals surface area contributed by atoms with E-state index in [0.29, 0.717) is 11.1 Å². The van der Waals surface area contributed by atoms with E-state index in [2.05, 4.69) is 46.6 Å². The number of piperidine rings is 1. The zero-order valence-corrected chi connectivity index (χ0v) is 17.9. The van der Waals surface area contributed by atoms with Gasteiger partial charge in [-0.1, -0.05) is 42.8 Å². The summed E-state index contributed by atoms with van der Waals surface area (Å²) in [6, 6.07) is 16.8. The first-order chi connectivity index (χ1) is 13.8. The van der Waals surface area contributed by atoms with E-state index in [1.165, 1.54) is 55.0 Å². The lowest BCUT2D eigenvalue weighted by molar-refractivity contribution is 0.0951. The molecule has 5 heteroatoms. The summed E-state index contributed by atoms with van der Waals surface area (Å²) in [5, 5.41) is 3.05. The SMILES string of the molecule is O=C(NCc1ccc(CN2CCCCC2)cc1)c1ccc(C2SCCS2)cc1. The van der Waals surface area contributed by atoms with Crippen LogP contribution in [0.4, 0.5) is 0 Å². The lowest BCUT2D eigenvalue weighted by Crippen LogP contribution is -2.29. The Morgan fingerprint density at radius 2 is 1.54 bits per heavy atom. The largest absolute Gasteiger partial charge is 0.348 e. The van der Waals surface area contributed by atoms with Gasteiger partial charge in [0, 0.05) is 30.2 Å². The molecule has 0 saturated carbocycles. The Labute approximate surface area is 176 Å². The number of hydrogen-bond acceptors (Lipinski definition) is 4. The first-order valence-corrected chi connectivity index (χ1v) is 12.3. The fraction of sp³-hybridized carbons (Fsp3) is 0.435. The number of nitrogens with one attached hydrogen (secondary N) is 1. The molecule has 0 radical (unpaired) electrons. The lowest BCUT2D eigenvalue weighted by atomic mass is 10.1. The van der Waals surface area contributed by atoms with Gasteiger partial charge in [-0.2, -0.15) is 0 Å². The van der Waals surface area contributed by atoms with E-state index in [4.69, 9.17) is 0 Å². The van der Waals surface area contributed by atoms with Crippen molar-refractivity contribution in [1.82, 2.24) is 10.2 Å². The van der Waals surface area contributed by atoms with Crippen LogP contribution < -0.4 is 5.32 Å². The number of carbonyl (C=O) groups excluding carboxylic acids is 1. The van der Waals surface area contributed by atoms with Gasteiger partial charge in [-0.3, -0.25) is 9.69 Å². The first-order valence-electron chi connectivity index (χ1n) is 10.2. The van der Waals surface area contributed by atoms with Gasteiger partial charge >= 0.3 is 0 Å². The van der Waals surface area contributed by atoms with Gasteiger partial charge < -0.3 is 5.32 Å². The highest BCUT2D eigenvalue weighted by Crippen LogP contribution is 2.45. The second-order valence-corrected chi connectivity index (χ2v) is 10.3. The van der Waals surface area contributed by atoms with Gasteiger partial charge in [0.25, 0.3) is 5.91 Å². The zero-order valence-electron chi connectivity index (χ0n) is 16.2. The highest BCUT2D eigenvalue weighted by molar-refractivity contribution is 8.19. The van der Waals surface area contributed by atoms with E-state index >= 15 is 0 Å². The standard InChI is InChI=1S/C23H28N2OS2/c26-22(20-8-10-21(11-9-20)23-27-14-15-28-23)24-16-18-4-6-19(7-5-18)17-25-12-2-1-3-13-25/h4-11,23H,1-3,12-17H2,(H,24,26). The molecule has 2 aromatic carbocycles. The van der Waals surface area contributed by atoms with Crippen molar-refractivity contribution >= 4 is 29.4 Å². The van der Waals surface area contributed by atoms with Crippen LogP contribution in [0, 0.1) is 0 Å². The second-order valence-electron chi connectivity index (χ2n) is 7.53. The molecule has 0 aromatic heterocycles. The van der Waals surface area contributed by atoms with Crippen molar-refractivity contribution in [2.75, 3.05) is 24.6 Å². The van der Waals surface area contributed by atoms with Crippen LogP contribution in [0.15, 0.2) is 48.5 Å². The van der Waals surface area contributed by atoms with Gasteiger partial charge in [-0.25, -0.2) is 0 Å². The van der Waals surface area contributed by atoms with E-state index in [-0.39, 0.29) is 5.91 Å². The van der Waals surface area contributed by atoms with Crippen LogP contribution in [0.2, 0.25) is 0 Å². The van der Waals surface area contributed by atoms with Crippen LogP contribution in [0.25, 0.3) is 0 Å². The van der Waals surface area contributed by atoms with E-state index < -0.39 is 0 Å². The van der Waals surface area contributed by atoms with Gasteiger partial charge in [0.15, 0.2) is 0 Å². The molecule has 2 aromatic rings. The van der Waals surface area contributed by atoms with Gasteiger partial charge in [-0.05, 0) is 54.8 Å². The minimum Gasteiger partial charge on any atom is -0.348 e. The molecule has 0 aliphatic carbocycles. The van der Waals surface area contributed by atoms with Gasteiger partial charge in [0.1, 0.15) is 0 Å². The third kappa shape index (κ3) is 5.34. The van der Waals surface area contributed by atoms with Crippen LogP contribution >= 0.6 is 23.5 Å². The minimum absolute atomic E-state index is 0.00401. The number of likely N-dealkylation sites (tertiary alicyclic amines) is 1. The van der Waals surface area contributed by atoms with E-state index in [0.717, 1.165) is 17.7 Å². The molecule has 2 heterocycles. The summed E-state index contributed by atoms with van der Waals surface area (Å²) in [7, 11) is 0. The molecule has 0 bridgehead atoms. The molecule has 3 nitrogen and oxygen atoms in total. The Morgan fingerprint density at radius 1 is 0.893 bits per heavy atom. The van der Waals surface area contributed by atoms with E-state index in [1.54, 1.807) is 0 Å². The summed E-state index contributed by atoms with van der Waals surface area (Å²) in [5.74, 6) is 2.43. The van der Waals surface area contributed by atoms with Gasteiger partial charge in [0.2, 0.25) is 0 Å². The molecule has 0 spiro atoms. The highest BCUT2D eigenvalue weighted by Gasteiger charge is 2.18. The maximum Gasteiger partial charge on any atom is 0.251 e. The summed E-state index contributed by atoms with van der Waals surface area (Å²) in [6.45, 7) is 4.04. The van der Waals surface area contributed by atoms with Crippen LogP contribution in [-0.4, -0.2) is 35.4 Å². The Kier molecular flexibility index (Phi) is 7.00. The normalized spacial score (nSPS) is 18.3. The van der Waals surface area contributed by atoms with E-state index in [9.17, 15) is 4.79 Å². The number of rotatable bonds is 6. The maximum absolute atomic E-state index is 12.5. The Bertz CT molecular complexity index is 764. The summed E-state index contributed by atoms with van der Waals surface area (Å²) in [4.78, 5) is 15.0. The molecule has 0 atom stereocenters. The van der Waals surface area contributed by atoms with Gasteiger partial charge in [0.05, 0.1) is 4.58 Å². The molecule has 2 aliphatic heterocycles. The smallest absolute Gasteiger partial charge is 0.251 e. The molecule has 2 aliphatic rings. The van der Waals surface area contributed by atoms with E-state index in [1.807, 2.05) is 35.7 Å². The fourth-order valence-electron chi connectivity index (χ4n) is 3.77. The van der Waals surface area contributed by atoms with Crippen molar-refractivity contribution < 1.29 is 4.79 Å². The van der Waals surface area contributed by atoms with Crippen molar-refractivity contribution in [2.45, 2.75) is 36.9 Å². The Morgan fingerprint density at radius 3 is 2.21 bits per heavy atom. The third-order valence-electron chi connectivity index (χ3n) is 5.40. The highest BCUT2D eigenvalue weighted by atomic mass is 32.2. The van der Waals surface area contributed by atoms with Crippen LogP contribution in [0.1, 0.15) is 50.9 Å².